The van der Waals surface area contributed by atoms with E-state index in [2.05, 4.69) is 4.74 Å². The number of hydrogen-bond donors (Lipinski definition) is 1. The number of carbonyl (C=O) groups excluding carboxylic acids is 1. The zero-order valence-electron chi connectivity index (χ0n) is 13.1. The molecule has 1 aromatic rings. The molecule has 1 aromatic carbocycles. The van der Waals surface area contributed by atoms with Gasteiger partial charge in [0.25, 0.3) is 0 Å². The van der Waals surface area contributed by atoms with Gasteiger partial charge in [0.2, 0.25) is 12.7 Å². The smallest absolute Gasteiger partial charge is 0.387 e. The van der Waals surface area contributed by atoms with Crippen LogP contribution in [0.3, 0.4) is 0 Å². The van der Waals surface area contributed by atoms with Crippen LogP contribution < -0.4 is 19.9 Å². The first-order chi connectivity index (χ1) is 10.9. The van der Waals surface area contributed by atoms with E-state index >= 15 is 0 Å². The highest BCUT2D eigenvalue weighted by Crippen LogP contribution is 2.39. The summed E-state index contributed by atoms with van der Waals surface area (Å²) in [5.41, 5.74) is 6.20. The molecule has 0 fully saturated rings. The van der Waals surface area contributed by atoms with Gasteiger partial charge in [-0.15, -0.1) is 0 Å². The molecule has 1 atom stereocenters. The highest BCUT2D eigenvalue weighted by atomic mass is 19.3. The molecule has 1 heterocycles. The molecule has 0 saturated heterocycles. The Hall–Kier alpha value is -2.09. The molecular formula is C15H20F2N2O4. The highest BCUT2D eigenvalue weighted by Gasteiger charge is 2.23. The van der Waals surface area contributed by atoms with Gasteiger partial charge in [-0.25, -0.2) is 0 Å². The Morgan fingerprint density at radius 2 is 2.04 bits per heavy atom. The molecule has 2 N–H and O–H groups in total. The fourth-order valence-electron chi connectivity index (χ4n) is 2.35. The summed E-state index contributed by atoms with van der Waals surface area (Å²) in [6.07, 6.45) is 1.34. The summed E-state index contributed by atoms with van der Waals surface area (Å²) < 4.78 is 40.1. The van der Waals surface area contributed by atoms with E-state index in [1.54, 1.807) is 7.05 Å². The predicted molar refractivity (Wildman–Crippen MR) is 78.6 cm³/mol. The maximum absolute atomic E-state index is 12.6. The van der Waals surface area contributed by atoms with Crippen LogP contribution in [0.1, 0.15) is 25.3 Å². The van der Waals surface area contributed by atoms with Crippen molar-refractivity contribution in [3.63, 3.8) is 0 Å². The Bertz CT molecular complexity index is 569. The second kappa shape index (κ2) is 7.45. The Balaban J connectivity index is 2.19. The van der Waals surface area contributed by atoms with Gasteiger partial charge in [-0.2, -0.15) is 8.78 Å². The lowest BCUT2D eigenvalue weighted by Gasteiger charge is -2.22. The number of amides is 1. The van der Waals surface area contributed by atoms with Crippen LogP contribution in [0.15, 0.2) is 12.1 Å². The number of fused-ring (bicyclic) bond motifs is 1. The number of ether oxygens (including phenoxy) is 3. The lowest BCUT2D eigenvalue weighted by atomic mass is 10.1. The average Bonchev–Trinajstić information content (AvgIpc) is 2.93. The SMILES string of the molecule is CCCC(N)C(=O)N(C)Cc1cc2c(cc1OC(F)F)OCO2. The molecule has 1 unspecified atom stereocenters. The summed E-state index contributed by atoms with van der Waals surface area (Å²) in [7, 11) is 1.56. The van der Waals surface area contributed by atoms with Crippen molar-refractivity contribution >= 4 is 5.91 Å². The van der Waals surface area contributed by atoms with Crippen LogP contribution in [0.4, 0.5) is 8.78 Å². The van der Waals surface area contributed by atoms with Gasteiger partial charge in [0, 0.05) is 25.2 Å². The molecule has 2 rings (SSSR count). The zero-order valence-corrected chi connectivity index (χ0v) is 13.1. The molecule has 0 spiro atoms. The molecule has 1 aliphatic rings. The minimum atomic E-state index is -2.97. The maximum Gasteiger partial charge on any atom is 0.387 e. The van der Waals surface area contributed by atoms with E-state index < -0.39 is 12.7 Å². The Morgan fingerprint density at radius 1 is 1.39 bits per heavy atom. The molecule has 6 nitrogen and oxygen atoms in total. The van der Waals surface area contributed by atoms with E-state index in [9.17, 15) is 13.6 Å². The summed E-state index contributed by atoms with van der Waals surface area (Å²) in [4.78, 5) is 13.5. The first kappa shape index (κ1) is 17.3. The summed E-state index contributed by atoms with van der Waals surface area (Å²) >= 11 is 0. The van der Waals surface area contributed by atoms with Gasteiger partial charge in [0.15, 0.2) is 11.5 Å². The van der Waals surface area contributed by atoms with E-state index in [1.807, 2.05) is 6.92 Å². The van der Waals surface area contributed by atoms with Crippen LogP contribution in [-0.4, -0.2) is 37.3 Å². The van der Waals surface area contributed by atoms with Crippen molar-refractivity contribution in [2.45, 2.75) is 39.0 Å². The van der Waals surface area contributed by atoms with E-state index in [0.29, 0.717) is 23.5 Å². The monoisotopic (exact) mass is 330 g/mol. The number of halogens is 2. The average molecular weight is 330 g/mol. The second-order valence-electron chi connectivity index (χ2n) is 5.28. The number of alkyl halides is 2. The summed E-state index contributed by atoms with van der Waals surface area (Å²) in [6.45, 7) is -0.949. The standard InChI is InChI=1S/C15H20F2N2O4/c1-3-4-10(18)14(20)19(2)7-9-5-12-13(22-8-21-12)6-11(9)23-15(16)17/h5-6,10,15H,3-4,7-8,18H2,1-2H3. The second-order valence-corrected chi connectivity index (χ2v) is 5.28. The van der Waals surface area contributed by atoms with Crippen molar-refractivity contribution in [2.75, 3.05) is 13.8 Å². The number of benzene rings is 1. The minimum Gasteiger partial charge on any atom is -0.454 e. The first-order valence-corrected chi connectivity index (χ1v) is 7.30. The fourth-order valence-corrected chi connectivity index (χ4v) is 2.35. The van der Waals surface area contributed by atoms with E-state index in [4.69, 9.17) is 15.2 Å². The van der Waals surface area contributed by atoms with E-state index in [1.165, 1.54) is 17.0 Å². The maximum atomic E-state index is 12.6. The topological polar surface area (TPSA) is 74.0 Å². The Morgan fingerprint density at radius 3 is 2.65 bits per heavy atom. The quantitative estimate of drug-likeness (QED) is 0.829. The molecule has 23 heavy (non-hydrogen) atoms. The van der Waals surface area contributed by atoms with Crippen molar-refractivity contribution in [2.24, 2.45) is 5.73 Å². The first-order valence-electron chi connectivity index (χ1n) is 7.30. The molecule has 0 aliphatic carbocycles. The molecule has 1 aliphatic heterocycles. The molecule has 1 amide bonds. The number of nitrogens with two attached hydrogens (primary N) is 1. The number of rotatable bonds is 7. The van der Waals surface area contributed by atoms with Crippen LogP contribution >= 0.6 is 0 Å². The fraction of sp³-hybridized carbons (Fsp3) is 0.533. The summed E-state index contributed by atoms with van der Waals surface area (Å²) in [6, 6.07) is 2.27. The molecular weight excluding hydrogens is 310 g/mol. The minimum absolute atomic E-state index is 0.0169. The van der Waals surface area contributed by atoms with Gasteiger partial charge in [-0.3, -0.25) is 4.79 Å². The molecule has 0 aromatic heterocycles. The van der Waals surface area contributed by atoms with E-state index in [0.717, 1.165) is 6.42 Å². The van der Waals surface area contributed by atoms with Gasteiger partial charge >= 0.3 is 6.61 Å². The Kier molecular flexibility index (Phi) is 5.59. The van der Waals surface area contributed by atoms with Crippen LogP contribution in [0.2, 0.25) is 0 Å². The van der Waals surface area contributed by atoms with Crippen molar-refractivity contribution < 1.29 is 27.8 Å². The van der Waals surface area contributed by atoms with Gasteiger partial charge < -0.3 is 24.8 Å². The van der Waals surface area contributed by atoms with Crippen molar-refractivity contribution in [3.05, 3.63) is 17.7 Å². The lowest BCUT2D eigenvalue weighted by Crippen LogP contribution is -2.41. The lowest BCUT2D eigenvalue weighted by molar-refractivity contribution is -0.132. The number of carbonyl (C=O) groups is 1. The largest absolute Gasteiger partial charge is 0.454 e. The highest BCUT2D eigenvalue weighted by molar-refractivity contribution is 5.81. The molecule has 8 heteroatoms. The number of likely N-dealkylation sites (N-methyl/N-ethyl adjacent to an activating group) is 1. The summed E-state index contributed by atoms with van der Waals surface area (Å²) in [5, 5.41) is 0. The predicted octanol–water partition coefficient (Wildman–Crippen LogP) is 2.10. The van der Waals surface area contributed by atoms with Gasteiger partial charge in [-0.05, 0) is 12.5 Å². The number of hydrogen-bond acceptors (Lipinski definition) is 5. The third-order valence-electron chi connectivity index (χ3n) is 3.47. The zero-order chi connectivity index (χ0) is 17.0. The van der Waals surface area contributed by atoms with Crippen LogP contribution in [0, 0.1) is 0 Å². The van der Waals surface area contributed by atoms with Crippen LogP contribution in [-0.2, 0) is 11.3 Å². The molecule has 128 valence electrons. The van der Waals surface area contributed by atoms with E-state index in [-0.39, 0.29) is 25.0 Å². The normalized spacial score (nSPS) is 14.0. The third kappa shape index (κ3) is 4.22. The molecule has 0 radical (unpaired) electrons. The molecule has 0 saturated carbocycles. The number of nitrogens with zero attached hydrogens (tertiary/aromatic N) is 1. The van der Waals surface area contributed by atoms with Gasteiger partial charge in [-0.1, -0.05) is 13.3 Å². The molecule has 0 bridgehead atoms. The van der Waals surface area contributed by atoms with Gasteiger partial charge in [0.05, 0.1) is 6.04 Å². The van der Waals surface area contributed by atoms with Crippen LogP contribution in [0.25, 0.3) is 0 Å². The van der Waals surface area contributed by atoms with Gasteiger partial charge in [0.1, 0.15) is 5.75 Å². The van der Waals surface area contributed by atoms with Crippen molar-refractivity contribution in [1.29, 1.82) is 0 Å². The summed E-state index contributed by atoms with van der Waals surface area (Å²) in [5.74, 6) is 0.460. The van der Waals surface area contributed by atoms with Crippen LogP contribution in [0.5, 0.6) is 17.2 Å². The Labute approximate surface area is 133 Å². The third-order valence-corrected chi connectivity index (χ3v) is 3.47. The van der Waals surface area contributed by atoms with Crippen molar-refractivity contribution in [1.82, 2.24) is 4.90 Å². The van der Waals surface area contributed by atoms with Crippen molar-refractivity contribution in [3.8, 4) is 17.2 Å².